The molecule has 0 aliphatic carbocycles. The highest BCUT2D eigenvalue weighted by molar-refractivity contribution is 7.89. The van der Waals surface area contributed by atoms with Gasteiger partial charge < -0.3 is 9.47 Å². The first-order chi connectivity index (χ1) is 14.4. The minimum absolute atomic E-state index is 0.264. The third-order valence-electron chi connectivity index (χ3n) is 4.95. The first kappa shape index (κ1) is 22.0. The van der Waals surface area contributed by atoms with Crippen LogP contribution in [0.25, 0.3) is 0 Å². The van der Waals surface area contributed by atoms with E-state index in [4.69, 9.17) is 9.47 Å². The topological polar surface area (TPSA) is 102 Å². The van der Waals surface area contributed by atoms with Gasteiger partial charge in [-0.2, -0.15) is 4.31 Å². The number of hydrogen-bond donors (Lipinski definition) is 0. The molecule has 3 rings (SSSR count). The number of nitro groups is 1. The number of benzene rings is 2. The number of piperazine rings is 1. The summed E-state index contributed by atoms with van der Waals surface area (Å²) in [7, 11) is -2.34. The number of rotatable bonds is 8. The van der Waals surface area contributed by atoms with Gasteiger partial charge in [-0.3, -0.25) is 15.0 Å². The standard InChI is InChI=1S/C20H25N3O6S/c1-3-29-19-14-16(8-9-18(19)28-2)15-21-10-12-22(13-11-21)30(26,27)20-7-5-4-6-17(20)23(24)25/h4-9,14H,3,10-13,15H2,1-2H3. The Morgan fingerprint density at radius 2 is 1.77 bits per heavy atom. The zero-order valence-corrected chi connectivity index (χ0v) is 17.8. The van der Waals surface area contributed by atoms with Gasteiger partial charge in [0.2, 0.25) is 10.0 Å². The molecule has 0 bridgehead atoms. The monoisotopic (exact) mass is 435 g/mol. The van der Waals surface area contributed by atoms with Gasteiger partial charge >= 0.3 is 0 Å². The first-order valence-electron chi connectivity index (χ1n) is 9.62. The van der Waals surface area contributed by atoms with Crippen molar-refractivity contribution in [3.63, 3.8) is 0 Å². The van der Waals surface area contributed by atoms with Crippen LogP contribution in [0.2, 0.25) is 0 Å². The van der Waals surface area contributed by atoms with Gasteiger partial charge in [-0.1, -0.05) is 18.2 Å². The number of nitrogens with zero attached hydrogens (tertiary/aromatic N) is 3. The molecule has 1 heterocycles. The van der Waals surface area contributed by atoms with Gasteiger partial charge in [-0.15, -0.1) is 0 Å². The van der Waals surface area contributed by atoms with E-state index in [1.165, 1.54) is 28.6 Å². The molecule has 1 fully saturated rings. The van der Waals surface area contributed by atoms with Gasteiger partial charge in [0.05, 0.1) is 18.6 Å². The number of ether oxygens (including phenoxy) is 2. The zero-order chi connectivity index (χ0) is 21.7. The summed E-state index contributed by atoms with van der Waals surface area (Å²) in [5.74, 6) is 1.34. The van der Waals surface area contributed by atoms with E-state index in [0.717, 1.165) is 5.56 Å². The number of sulfonamides is 1. The predicted octanol–water partition coefficient (Wildman–Crippen LogP) is 2.51. The summed E-state index contributed by atoms with van der Waals surface area (Å²) < 4.78 is 38.1. The summed E-state index contributed by atoms with van der Waals surface area (Å²) in [5, 5.41) is 11.2. The highest BCUT2D eigenvalue weighted by atomic mass is 32.2. The van der Waals surface area contributed by atoms with Crippen molar-refractivity contribution in [1.29, 1.82) is 0 Å². The van der Waals surface area contributed by atoms with Crippen LogP contribution in [0.1, 0.15) is 12.5 Å². The Balaban J connectivity index is 1.68. The van der Waals surface area contributed by atoms with Crippen LogP contribution in [-0.4, -0.2) is 62.4 Å². The van der Waals surface area contributed by atoms with E-state index < -0.39 is 20.6 Å². The van der Waals surface area contributed by atoms with Crippen molar-refractivity contribution in [2.24, 2.45) is 0 Å². The highest BCUT2D eigenvalue weighted by Crippen LogP contribution is 2.30. The Kier molecular flexibility index (Phi) is 6.91. The van der Waals surface area contributed by atoms with Crippen LogP contribution in [0.4, 0.5) is 5.69 Å². The van der Waals surface area contributed by atoms with Crippen molar-refractivity contribution in [1.82, 2.24) is 9.21 Å². The molecule has 9 nitrogen and oxygen atoms in total. The van der Waals surface area contributed by atoms with Crippen molar-refractivity contribution in [3.8, 4) is 11.5 Å². The van der Waals surface area contributed by atoms with E-state index in [1.54, 1.807) is 7.11 Å². The maximum atomic E-state index is 12.9. The first-order valence-corrected chi connectivity index (χ1v) is 11.1. The van der Waals surface area contributed by atoms with Gasteiger partial charge in [0.25, 0.3) is 5.69 Å². The van der Waals surface area contributed by atoms with Crippen molar-refractivity contribution in [2.75, 3.05) is 39.9 Å². The molecule has 0 radical (unpaired) electrons. The lowest BCUT2D eigenvalue weighted by Gasteiger charge is -2.34. The fraction of sp³-hybridized carbons (Fsp3) is 0.400. The second-order valence-electron chi connectivity index (χ2n) is 6.82. The maximum absolute atomic E-state index is 12.9. The Morgan fingerprint density at radius 1 is 1.07 bits per heavy atom. The summed E-state index contributed by atoms with van der Waals surface area (Å²) in [6, 6.07) is 11.2. The zero-order valence-electron chi connectivity index (χ0n) is 17.0. The van der Waals surface area contributed by atoms with Crippen molar-refractivity contribution in [2.45, 2.75) is 18.4 Å². The van der Waals surface area contributed by atoms with E-state index in [2.05, 4.69) is 4.90 Å². The minimum atomic E-state index is -3.93. The second kappa shape index (κ2) is 9.41. The largest absolute Gasteiger partial charge is 0.493 e. The fourth-order valence-electron chi connectivity index (χ4n) is 3.44. The Bertz CT molecular complexity index is 1000. The molecule has 1 saturated heterocycles. The maximum Gasteiger partial charge on any atom is 0.289 e. The van der Waals surface area contributed by atoms with E-state index >= 15 is 0 Å². The quantitative estimate of drug-likeness (QED) is 0.464. The smallest absolute Gasteiger partial charge is 0.289 e. The van der Waals surface area contributed by atoms with Crippen molar-refractivity contribution in [3.05, 3.63) is 58.1 Å². The SMILES string of the molecule is CCOc1cc(CN2CCN(S(=O)(=O)c3ccccc3[N+](=O)[O-])CC2)ccc1OC. The summed E-state index contributed by atoms with van der Waals surface area (Å²) >= 11 is 0. The summed E-state index contributed by atoms with van der Waals surface area (Å²) in [5.41, 5.74) is 0.635. The van der Waals surface area contributed by atoms with Crippen LogP contribution in [0.5, 0.6) is 11.5 Å². The van der Waals surface area contributed by atoms with E-state index in [-0.39, 0.29) is 18.0 Å². The van der Waals surface area contributed by atoms with Crippen molar-refractivity contribution < 1.29 is 22.8 Å². The van der Waals surface area contributed by atoms with Crippen LogP contribution in [0, 0.1) is 10.1 Å². The number of methoxy groups -OCH3 is 1. The Labute approximate surface area is 176 Å². The van der Waals surface area contributed by atoms with Crippen LogP contribution < -0.4 is 9.47 Å². The molecular formula is C20H25N3O6S. The molecular weight excluding hydrogens is 410 g/mol. The molecule has 2 aromatic carbocycles. The van der Waals surface area contributed by atoms with Gasteiger partial charge in [-0.25, -0.2) is 8.42 Å². The van der Waals surface area contributed by atoms with Gasteiger partial charge in [0, 0.05) is 38.8 Å². The normalized spacial score (nSPS) is 15.7. The molecule has 162 valence electrons. The lowest BCUT2D eigenvalue weighted by atomic mass is 10.1. The molecule has 1 aliphatic heterocycles. The van der Waals surface area contributed by atoms with E-state index in [9.17, 15) is 18.5 Å². The highest BCUT2D eigenvalue weighted by Gasteiger charge is 2.33. The third kappa shape index (κ3) is 4.72. The molecule has 10 heteroatoms. The average molecular weight is 436 g/mol. The Morgan fingerprint density at radius 3 is 2.40 bits per heavy atom. The molecule has 1 aliphatic rings. The molecule has 0 spiro atoms. The molecule has 30 heavy (non-hydrogen) atoms. The van der Waals surface area contributed by atoms with E-state index in [1.807, 2.05) is 25.1 Å². The molecule has 2 aromatic rings. The Hall–Kier alpha value is -2.69. The summed E-state index contributed by atoms with van der Waals surface area (Å²) in [6.07, 6.45) is 0. The molecule has 0 aromatic heterocycles. The van der Waals surface area contributed by atoms with Crippen molar-refractivity contribution >= 4 is 15.7 Å². The fourth-order valence-corrected chi connectivity index (χ4v) is 5.02. The molecule has 0 N–H and O–H groups in total. The lowest BCUT2D eigenvalue weighted by molar-refractivity contribution is -0.387. The predicted molar refractivity (Wildman–Crippen MR) is 111 cm³/mol. The third-order valence-corrected chi connectivity index (χ3v) is 6.89. The molecule has 0 unspecified atom stereocenters. The molecule has 0 atom stereocenters. The number of hydrogen-bond acceptors (Lipinski definition) is 7. The lowest BCUT2D eigenvalue weighted by Crippen LogP contribution is -2.48. The van der Waals surface area contributed by atoms with Gasteiger partial charge in [0.15, 0.2) is 16.4 Å². The van der Waals surface area contributed by atoms with Crippen LogP contribution in [0.3, 0.4) is 0 Å². The van der Waals surface area contributed by atoms with Gasteiger partial charge in [0.1, 0.15) is 0 Å². The number of para-hydroxylation sites is 1. The molecule has 0 saturated carbocycles. The summed E-state index contributed by atoms with van der Waals surface area (Å²) in [4.78, 5) is 12.4. The second-order valence-corrected chi connectivity index (χ2v) is 8.73. The average Bonchev–Trinajstić information content (AvgIpc) is 2.74. The van der Waals surface area contributed by atoms with Crippen LogP contribution in [-0.2, 0) is 16.6 Å². The van der Waals surface area contributed by atoms with Crippen LogP contribution in [0.15, 0.2) is 47.4 Å². The summed E-state index contributed by atoms with van der Waals surface area (Å²) in [6.45, 7) is 4.66. The molecule has 0 amide bonds. The van der Waals surface area contributed by atoms with E-state index in [0.29, 0.717) is 37.7 Å². The number of nitro benzene ring substituents is 1. The van der Waals surface area contributed by atoms with Gasteiger partial charge in [-0.05, 0) is 30.7 Å². The minimum Gasteiger partial charge on any atom is -0.493 e. The van der Waals surface area contributed by atoms with Crippen LogP contribution >= 0.6 is 0 Å².